The maximum absolute atomic E-state index is 14.2. The average molecular weight is 1050 g/mol. The van der Waals surface area contributed by atoms with E-state index in [1.165, 1.54) is 4.90 Å². The number of carbonyl (C=O) groups excluding carboxylic acids is 4. The van der Waals surface area contributed by atoms with Crippen molar-refractivity contribution in [2.45, 2.75) is 82.2 Å². The number of carboxylic acid groups (broad SMARTS) is 1. The number of rotatable bonds is 9. The van der Waals surface area contributed by atoms with Crippen LogP contribution in [0.4, 0.5) is 42.8 Å². The number of phenols is 1. The Morgan fingerprint density at radius 3 is 2.23 bits per heavy atom. The van der Waals surface area contributed by atoms with Gasteiger partial charge < -0.3 is 30.1 Å². The minimum absolute atomic E-state index is 0.0711. The van der Waals surface area contributed by atoms with Gasteiger partial charge in [-0.3, -0.25) is 34.2 Å². The number of aromatic nitrogens is 4. The molecule has 10 rings (SSSR count). The average Bonchev–Trinajstić information content (AvgIpc) is 4.03. The van der Waals surface area contributed by atoms with Crippen molar-refractivity contribution in [3.8, 4) is 16.9 Å². The van der Waals surface area contributed by atoms with E-state index in [0.29, 0.717) is 49.0 Å². The topological polar surface area (TPSA) is 216 Å². The van der Waals surface area contributed by atoms with Crippen molar-refractivity contribution in [1.82, 2.24) is 40.2 Å². The number of aliphatic carboxylic acids is 1. The van der Waals surface area contributed by atoms with Gasteiger partial charge in [-0.05, 0) is 93.2 Å². The number of hydrogen-bond donors (Lipinski definition) is 4. The number of carbonyl (C=O) groups is 5. The number of aryl methyl sites for hydroxylation is 1. The third kappa shape index (κ3) is 11.5. The number of phenolic OH excluding ortho intramolecular Hbond substituents is 1. The van der Waals surface area contributed by atoms with Crippen molar-refractivity contribution in [1.29, 1.82) is 0 Å². The molecule has 1 spiro atoms. The van der Waals surface area contributed by atoms with Gasteiger partial charge in [-0.1, -0.05) is 18.2 Å². The summed E-state index contributed by atoms with van der Waals surface area (Å²) in [7, 11) is 0. The van der Waals surface area contributed by atoms with E-state index in [9.17, 15) is 50.6 Å². The van der Waals surface area contributed by atoms with Gasteiger partial charge in [0.05, 0.1) is 29.3 Å². The molecule has 5 fully saturated rings. The summed E-state index contributed by atoms with van der Waals surface area (Å²) >= 11 is 0. The number of urea groups is 1. The standard InChI is InChI=1S/C49H53F3N10O6.C2HF3O2/c1-29-2-5-32(21-40(29)61-13-10-41(63)56-48(61)67)46(66)59-14-11-49(12-15-59)23-36(28-68-49)58-16-18-60(19-17-58)47-54-25-34(26-55-47)31-6-7-33-27-62(57-39(33)20-31)35-8-3-30(4-9-35)24-53-45(65)37-22-38(50)44(64)43(52)42(37)51;3-2(4,5)1(6)7/h2,5-7,20-22,25-27,30,35-36,64H,3-4,8-19,23-24,28H2,1H3,(H,53,65)(H,56,63,67);(H,6,7)/t30?,35?,36-;/m0./s1. The molecule has 24 heteroatoms. The molecule has 3 aromatic carbocycles. The van der Waals surface area contributed by atoms with Crippen molar-refractivity contribution in [2.24, 2.45) is 5.92 Å². The Hall–Kier alpha value is -7.34. The number of amides is 5. The number of fused-ring (bicyclic) bond motifs is 1. The molecule has 4 N–H and O–H groups in total. The number of piperidine rings is 1. The number of ether oxygens (including phenoxy) is 1. The van der Waals surface area contributed by atoms with Crippen molar-refractivity contribution < 1.29 is 65.3 Å². The van der Waals surface area contributed by atoms with Gasteiger partial charge in [0.25, 0.3) is 11.8 Å². The van der Waals surface area contributed by atoms with E-state index in [1.807, 2.05) is 59.4 Å². The number of likely N-dealkylation sites (tertiary alicyclic amines) is 1. The molecule has 398 valence electrons. The number of aromatic hydroxyl groups is 1. The second kappa shape index (κ2) is 21.5. The largest absolute Gasteiger partial charge is 0.503 e. The molecular weight excluding hydrogens is 995 g/mol. The van der Waals surface area contributed by atoms with E-state index in [2.05, 4.69) is 20.4 Å². The number of nitrogens with zero attached hydrogens (tertiary/aromatic N) is 8. The Labute approximate surface area is 425 Å². The zero-order chi connectivity index (χ0) is 53.3. The van der Waals surface area contributed by atoms with Crippen LogP contribution in [0.15, 0.2) is 61.1 Å². The summed E-state index contributed by atoms with van der Waals surface area (Å²) in [5.41, 5.74) is 3.68. The van der Waals surface area contributed by atoms with Crippen LogP contribution in [0.2, 0.25) is 0 Å². The maximum Gasteiger partial charge on any atom is 0.490 e. The first kappa shape index (κ1) is 52.5. The number of alkyl halides is 3. The first-order valence-electron chi connectivity index (χ1n) is 24.7. The van der Waals surface area contributed by atoms with E-state index >= 15 is 0 Å². The van der Waals surface area contributed by atoms with Gasteiger partial charge in [0, 0.05) is 106 Å². The van der Waals surface area contributed by atoms with Crippen LogP contribution in [0.1, 0.15) is 83.7 Å². The zero-order valence-electron chi connectivity index (χ0n) is 40.7. The lowest BCUT2D eigenvalue weighted by Gasteiger charge is -2.40. The number of benzene rings is 3. The van der Waals surface area contributed by atoms with E-state index in [1.54, 1.807) is 12.1 Å². The molecule has 4 aliphatic heterocycles. The van der Waals surface area contributed by atoms with E-state index in [0.717, 1.165) is 98.7 Å². The summed E-state index contributed by atoms with van der Waals surface area (Å²) in [5, 5.41) is 27.3. The predicted molar refractivity (Wildman–Crippen MR) is 258 cm³/mol. The highest BCUT2D eigenvalue weighted by atomic mass is 19.4. The molecule has 5 aromatic rings. The fraction of sp³-hybridized carbons (Fsp3) is 0.451. The number of anilines is 2. The summed E-state index contributed by atoms with van der Waals surface area (Å²) in [6.45, 7) is 7.55. The molecule has 0 bridgehead atoms. The zero-order valence-corrected chi connectivity index (χ0v) is 40.7. The lowest BCUT2D eigenvalue weighted by Crippen LogP contribution is -2.52. The van der Waals surface area contributed by atoms with Crippen molar-refractivity contribution in [3.05, 3.63) is 95.2 Å². The third-order valence-corrected chi connectivity index (χ3v) is 14.9. The number of nitrogens with one attached hydrogen (secondary N) is 2. The summed E-state index contributed by atoms with van der Waals surface area (Å²) < 4.78 is 82.0. The van der Waals surface area contributed by atoms with Crippen LogP contribution < -0.4 is 20.4 Å². The first-order chi connectivity index (χ1) is 35.8. The van der Waals surface area contributed by atoms with Gasteiger partial charge in [0.2, 0.25) is 17.7 Å². The van der Waals surface area contributed by atoms with Crippen LogP contribution in [0.5, 0.6) is 5.75 Å². The number of piperazine rings is 1. The monoisotopic (exact) mass is 1050 g/mol. The lowest BCUT2D eigenvalue weighted by atomic mass is 9.86. The molecule has 1 aliphatic carbocycles. The Morgan fingerprint density at radius 2 is 1.56 bits per heavy atom. The molecular formula is C51H54F6N10O8. The van der Waals surface area contributed by atoms with Crippen LogP contribution in [-0.2, 0) is 14.3 Å². The van der Waals surface area contributed by atoms with Crippen LogP contribution in [0, 0.1) is 30.3 Å². The highest BCUT2D eigenvalue weighted by molar-refractivity contribution is 6.06. The number of carboxylic acids is 1. The molecule has 18 nitrogen and oxygen atoms in total. The smallest absolute Gasteiger partial charge is 0.490 e. The predicted octanol–water partition coefficient (Wildman–Crippen LogP) is 6.75. The molecule has 1 atom stereocenters. The van der Waals surface area contributed by atoms with Crippen molar-refractivity contribution in [2.75, 3.05) is 68.8 Å². The summed E-state index contributed by atoms with van der Waals surface area (Å²) in [6, 6.07) is 12.0. The van der Waals surface area contributed by atoms with Gasteiger partial charge in [-0.25, -0.2) is 28.3 Å². The fourth-order valence-corrected chi connectivity index (χ4v) is 10.5. The van der Waals surface area contributed by atoms with E-state index in [-0.39, 0.29) is 48.9 Å². The molecule has 75 heavy (non-hydrogen) atoms. The highest BCUT2D eigenvalue weighted by Crippen LogP contribution is 2.39. The van der Waals surface area contributed by atoms with Gasteiger partial charge >= 0.3 is 18.2 Å². The minimum Gasteiger partial charge on any atom is -0.503 e. The van der Waals surface area contributed by atoms with Gasteiger partial charge in [0.15, 0.2) is 17.4 Å². The maximum atomic E-state index is 14.2. The summed E-state index contributed by atoms with van der Waals surface area (Å²) in [4.78, 5) is 77.0. The SMILES string of the molecule is Cc1ccc(C(=O)N2CCC3(CC2)C[C@H](N2CCN(c4ncc(-c5ccc6cn(C7CCC(CNC(=O)c8cc(F)c(O)c(F)c8F)CC7)nc6c5)cn4)CC2)CO3)cc1N1CCC(=O)NC1=O.O=C(O)C(F)(F)F. The quantitative estimate of drug-likeness (QED) is 0.0889. The lowest BCUT2D eigenvalue weighted by molar-refractivity contribution is -0.192. The molecule has 1 saturated carbocycles. The second-order valence-electron chi connectivity index (χ2n) is 19.6. The van der Waals surface area contributed by atoms with Crippen LogP contribution >= 0.6 is 0 Å². The second-order valence-corrected chi connectivity index (χ2v) is 19.6. The molecule has 4 saturated heterocycles. The van der Waals surface area contributed by atoms with E-state index < -0.39 is 52.8 Å². The van der Waals surface area contributed by atoms with Crippen LogP contribution in [0.25, 0.3) is 22.0 Å². The van der Waals surface area contributed by atoms with Crippen molar-refractivity contribution in [3.63, 3.8) is 0 Å². The summed E-state index contributed by atoms with van der Waals surface area (Å²) in [5.74, 6) is -9.48. The Morgan fingerprint density at radius 1 is 0.867 bits per heavy atom. The van der Waals surface area contributed by atoms with Gasteiger partial charge in [-0.2, -0.15) is 22.7 Å². The van der Waals surface area contributed by atoms with Gasteiger partial charge in [-0.15, -0.1) is 0 Å². The molecule has 5 amide bonds. The molecule has 2 aromatic heterocycles. The Kier molecular flexibility index (Phi) is 15.0. The highest BCUT2D eigenvalue weighted by Gasteiger charge is 2.46. The molecule has 0 unspecified atom stereocenters. The number of halogens is 6. The van der Waals surface area contributed by atoms with E-state index in [4.69, 9.17) is 29.7 Å². The molecule has 0 radical (unpaired) electrons. The minimum atomic E-state index is -5.08. The summed E-state index contributed by atoms with van der Waals surface area (Å²) in [6.07, 6.45) is 6.52. The first-order valence-corrected chi connectivity index (χ1v) is 24.7. The normalized spacial score (nSPS) is 21.2. The van der Waals surface area contributed by atoms with Crippen LogP contribution in [0.3, 0.4) is 0 Å². The Balaban J connectivity index is 0.000000920. The van der Waals surface area contributed by atoms with Gasteiger partial charge in [0.1, 0.15) is 0 Å². The third-order valence-electron chi connectivity index (χ3n) is 14.9. The van der Waals surface area contributed by atoms with Crippen molar-refractivity contribution >= 4 is 52.3 Å². The molecule has 5 aliphatic rings. The Bertz CT molecular complexity index is 2990. The number of imide groups is 1. The number of hydrogen-bond acceptors (Lipinski definition) is 12. The van der Waals surface area contributed by atoms with Crippen LogP contribution in [-0.4, -0.2) is 146 Å². The fourth-order valence-electron chi connectivity index (χ4n) is 10.5. The molecule has 6 heterocycles.